The first kappa shape index (κ1) is 15.9. The van der Waals surface area contributed by atoms with Crippen molar-refractivity contribution in [1.29, 1.82) is 0 Å². The quantitative estimate of drug-likeness (QED) is 0.557. The van der Waals surface area contributed by atoms with Crippen molar-refractivity contribution >= 4 is 39.5 Å². The van der Waals surface area contributed by atoms with Gasteiger partial charge in [-0.15, -0.1) is 11.3 Å². The minimum atomic E-state index is -0.109. The van der Waals surface area contributed by atoms with Crippen LogP contribution in [0.2, 0.25) is 5.02 Å². The van der Waals surface area contributed by atoms with Gasteiger partial charge in [-0.1, -0.05) is 54.1 Å². The van der Waals surface area contributed by atoms with Crippen LogP contribution in [0.5, 0.6) is 0 Å². The second kappa shape index (κ2) is 6.70. The number of imidazole rings is 1. The first-order chi connectivity index (χ1) is 12.2. The van der Waals surface area contributed by atoms with Crippen molar-refractivity contribution in [2.75, 3.05) is 5.32 Å². The van der Waals surface area contributed by atoms with Crippen molar-refractivity contribution in [3.05, 3.63) is 76.9 Å². The topological polar surface area (TPSA) is 46.4 Å². The van der Waals surface area contributed by atoms with E-state index in [-0.39, 0.29) is 12.3 Å². The van der Waals surface area contributed by atoms with Crippen LogP contribution >= 0.6 is 22.9 Å². The Morgan fingerprint density at radius 3 is 2.68 bits per heavy atom. The van der Waals surface area contributed by atoms with E-state index in [4.69, 9.17) is 11.6 Å². The van der Waals surface area contributed by atoms with Crippen LogP contribution in [0.4, 0.5) is 5.69 Å². The van der Waals surface area contributed by atoms with Crippen molar-refractivity contribution in [2.45, 2.75) is 6.42 Å². The molecule has 4 aromatic rings. The fourth-order valence-electron chi connectivity index (χ4n) is 2.63. The van der Waals surface area contributed by atoms with Gasteiger partial charge in [0.25, 0.3) is 0 Å². The summed E-state index contributed by atoms with van der Waals surface area (Å²) >= 11 is 7.62. The van der Waals surface area contributed by atoms with Gasteiger partial charge in [0.05, 0.1) is 22.8 Å². The molecule has 0 bridgehead atoms. The molecule has 0 saturated heterocycles. The number of hydrogen-bond acceptors (Lipinski definition) is 3. The molecule has 124 valence electrons. The Labute approximate surface area is 153 Å². The Bertz CT molecular complexity index is 1040. The molecule has 1 amide bonds. The van der Waals surface area contributed by atoms with Crippen LogP contribution in [0.15, 0.2) is 66.2 Å². The molecular weight excluding hydrogens is 354 g/mol. The molecule has 0 atom stereocenters. The molecule has 0 aliphatic rings. The minimum Gasteiger partial charge on any atom is -0.324 e. The summed E-state index contributed by atoms with van der Waals surface area (Å²) in [5.74, 6) is -0.109. The van der Waals surface area contributed by atoms with Gasteiger partial charge in [0, 0.05) is 22.8 Å². The van der Waals surface area contributed by atoms with Gasteiger partial charge in [0.1, 0.15) is 0 Å². The smallest absolute Gasteiger partial charge is 0.230 e. The fraction of sp³-hybridized carbons (Fsp3) is 0.0526. The molecule has 0 saturated carbocycles. The fourth-order valence-corrected chi connectivity index (χ4v) is 3.68. The Hall–Kier alpha value is -2.63. The third-order valence-electron chi connectivity index (χ3n) is 3.84. The lowest BCUT2D eigenvalue weighted by molar-refractivity contribution is -0.115. The van der Waals surface area contributed by atoms with E-state index in [1.165, 1.54) is 11.3 Å². The second-order valence-electron chi connectivity index (χ2n) is 5.58. The normalized spacial score (nSPS) is 10.9. The zero-order valence-electron chi connectivity index (χ0n) is 13.1. The predicted octanol–water partition coefficient (Wildman–Crippen LogP) is 4.90. The number of thiazole rings is 1. The van der Waals surface area contributed by atoms with Crippen LogP contribution in [0, 0.1) is 0 Å². The number of carbonyl (C=O) groups is 1. The number of rotatable bonds is 4. The number of fused-ring (bicyclic) bond motifs is 1. The molecule has 0 radical (unpaired) electrons. The van der Waals surface area contributed by atoms with Crippen LogP contribution in [0.3, 0.4) is 0 Å². The monoisotopic (exact) mass is 367 g/mol. The molecule has 0 fully saturated rings. The average Bonchev–Trinajstić information content (AvgIpc) is 3.20. The summed E-state index contributed by atoms with van der Waals surface area (Å²) < 4.78 is 1.97. The standard InChI is InChI=1S/C19H14ClN3OS/c20-15-8-4-5-9-16(15)21-18(24)10-14-12-25-19-22-17(11-23(14)19)13-6-2-1-3-7-13/h1-9,11-12H,10H2,(H,21,24). The van der Waals surface area contributed by atoms with E-state index < -0.39 is 0 Å². The molecule has 4 nitrogen and oxygen atoms in total. The summed E-state index contributed by atoms with van der Waals surface area (Å²) in [5.41, 5.74) is 3.49. The molecule has 1 N–H and O–H groups in total. The van der Waals surface area contributed by atoms with E-state index in [9.17, 15) is 4.79 Å². The van der Waals surface area contributed by atoms with Gasteiger partial charge in [-0.3, -0.25) is 9.20 Å². The van der Waals surface area contributed by atoms with Gasteiger partial charge in [-0.05, 0) is 12.1 Å². The summed E-state index contributed by atoms with van der Waals surface area (Å²) in [6.07, 6.45) is 2.23. The van der Waals surface area contributed by atoms with Crippen molar-refractivity contribution < 1.29 is 4.79 Å². The van der Waals surface area contributed by atoms with E-state index in [2.05, 4.69) is 10.3 Å². The molecule has 2 aromatic heterocycles. The van der Waals surface area contributed by atoms with E-state index in [1.807, 2.05) is 58.4 Å². The maximum atomic E-state index is 12.4. The maximum Gasteiger partial charge on any atom is 0.230 e. The van der Waals surface area contributed by atoms with Gasteiger partial charge >= 0.3 is 0 Å². The molecule has 25 heavy (non-hydrogen) atoms. The van der Waals surface area contributed by atoms with Crippen molar-refractivity contribution in [3.63, 3.8) is 0 Å². The Morgan fingerprint density at radius 1 is 1.12 bits per heavy atom. The number of benzene rings is 2. The van der Waals surface area contributed by atoms with E-state index in [0.717, 1.165) is 21.9 Å². The molecule has 4 rings (SSSR count). The van der Waals surface area contributed by atoms with Crippen LogP contribution in [-0.2, 0) is 11.2 Å². The maximum absolute atomic E-state index is 12.4. The third-order valence-corrected chi connectivity index (χ3v) is 5.06. The van der Waals surface area contributed by atoms with Crippen LogP contribution in [-0.4, -0.2) is 15.3 Å². The number of carbonyl (C=O) groups excluding carboxylic acids is 1. The highest BCUT2D eigenvalue weighted by atomic mass is 35.5. The van der Waals surface area contributed by atoms with Crippen molar-refractivity contribution in [2.24, 2.45) is 0 Å². The van der Waals surface area contributed by atoms with Crippen molar-refractivity contribution in [3.8, 4) is 11.3 Å². The molecule has 2 aromatic carbocycles. The highest BCUT2D eigenvalue weighted by Gasteiger charge is 2.13. The highest BCUT2D eigenvalue weighted by Crippen LogP contribution is 2.24. The summed E-state index contributed by atoms with van der Waals surface area (Å²) in [5, 5.41) is 5.34. The second-order valence-corrected chi connectivity index (χ2v) is 6.82. The molecule has 2 heterocycles. The average molecular weight is 368 g/mol. The van der Waals surface area contributed by atoms with E-state index in [1.54, 1.807) is 12.1 Å². The third kappa shape index (κ3) is 3.29. The Morgan fingerprint density at radius 2 is 1.88 bits per heavy atom. The summed E-state index contributed by atoms with van der Waals surface area (Å²) in [6.45, 7) is 0. The van der Waals surface area contributed by atoms with Crippen LogP contribution < -0.4 is 5.32 Å². The lowest BCUT2D eigenvalue weighted by Gasteiger charge is -2.06. The zero-order valence-corrected chi connectivity index (χ0v) is 14.7. The number of aromatic nitrogens is 2. The summed E-state index contributed by atoms with van der Waals surface area (Å²) in [6, 6.07) is 17.2. The van der Waals surface area contributed by atoms with Crippen LogP contribution in [0.1, 0.15) is 5.69 Å². The predicted molar refractivity (Wildman–Crippen MR) is 102 cm³/mol. The SMILES string of the molecule is O=C(Cc1csc2nc(-c3ccccc3)cn12)Nc1ccccc1Cl. The first-order valence-corrected chi connectivity index (χ1v) is 9.02. The summed E-state index contributed by atoms with van der Waals surface area (Å²) in [7, 11) is 0. The minimum absolute atomic E-state index is 0.109. The number of nitrogens with one attached hydrogen (secondary N) is 1. The Kier molecular flexibility index (Phi) is 4.26. The van der Waals surface area contributed by atoms with Gasteiger partial charge in [-0.25, -0.2) is 4.98 Å². The number of nitrogens with zero attached hydrogens (tertiary/aromatic N) is 2. The number of anilines is 1. The molecular formula is C19H14ClN3OS. The van der Waals surface area contributed by atoms with Gasteiger partial charge < -0.3 is 5.32 Å². The molecule has 0 spiro atoms. The van der Waals surface area contributed by atoms with Gasteiger partial charge in [-0.2, -0.15) is 0 Å². The lowest BCUT2D eigenvalue weighted by Crippen LogP contribution is -2.15. The largest absolute Gasteiger partial charge is 0.324 e. The number of amides is 1. The van der Waals surface area contributed by atoms with Crippen LogP contribution in [0.25, 0.3) is 16.2 Å². The number of halogens is 1. The summed E-state index contributed by atoms with van der Waals surface area (Å²) in [4.78, 5) is 17.9. The molecule has 6 heteroatoms. The van der Waals surface area contributed by atoms with Gasteiger partial charge in [0.15, 0.2) is 4.96 Å². The lowest BCUT2D eigenvalue weighted by atomic mass is 10.2. The molecule has 0 aliphatic carbocycles. The zero-order chi connectivity index (χ0) is 17.2. The first-order valence-electron chi connectivity index (χ1n) is 7.76. The van der Waals surface area contributed by atoms with E-state index >= 15 is 0 Å². The van der Waals surface area contributed by atoms with Crippen molar-refractivity contribution in [1.82, 2.24) is 9.38 Å². The molecule has 0 unspecified atom stereocenters. The molecule has 0 aliphatic heterocycles. The highest BCUT2D eigenvalue weighted by molar-refractivity contribution is 7.15. The van der Waals surface area contributed by atoms with E-state index in [0.29, 0.717) is 10.7 Å². The number of para-hydroxylation sites is 1. The number of hydrogen-bond donors (Lipinski definition) is 1. The van der Waals surface area contributed by atoms with Gasteiger partial charge in [0.2, 0.25) is 5.91 Å². The Balaban J connectivity index is 1.56.